The molecule has 1 fully saturated rings. The predicted octanol–water partition coefficient (Wildman–Crippen LogP) is 2.19. The van der Waals surface area contributed by atoms with Gasteiger partial charge in [-0.2, -0.15) is 0 Å². The second-order valence-electron chi connectivity index (χ2n) is 3.32. The standard InChI is InChI=1S/C10H9BrN2O3/c11-8-3-1-2-7(4-8)9-5-12-10(16-9)6-13(14)15/h1-4,6,9,12H,5H2/b10-6+. The van der Waals surface area contributed by atoms with Gasteiger partial charge in [0.25, 0.3) is 12.1 Å². The summed E-state index contributed by atoms with van der Waals surface area (Å²) >= 11 is 3.37. The number of ether oxygens (including phenoxy) is 1. The van der Waals surface area contributed by atoms with Crippen LogP contribution in [0.2, 0.25) is 0 Å². The summed E-state index contributed by atoms with van der Waals surface area (Å²) in [5.41, 5.74) is 0.980. The fourth-order valence-electron chi connectivity index (χ4n) is 1.49. The van der Waals surface area contributed by atoms with Gasteiger partial charge in [-0.15, -0.1) is 0 Å². The van der Waals surface area contributed by atoms with E-state index in [1.165, 1.54) is 0 Å². The zero-order valence-electron chi connectivity index (χ0n) is 8.22. The van der Waals surface area contributed by atoms with Crippen molar-refractivity contribution in [3.8, 4) is 0 Å². The van der Waals surface area contributed by atoms with Gasteiger partial charge >= 0.3 is 0 Å². The van der Waals surface area contributed by atoms with E-state index in [9.17, 15) is 10.1 Å². The summed E-state index contributed by atoms with van der Waals surface area (Å²) in [5, 5.41) is 13.1. The highest BCUT2D eigenvalue weighted by Gasteiger charge is 2.23. The third kappa shape index (κ3) is 2.52. The molecule has 0 saturated carbocycles. The van der Waals surface area contributed by atoms with Crippen molar-refractivity contribution >= 4 is 15.9 Å². The van der Waals surface area contributed by atoms with Gasteiger partial charge in [0.05, 0.1) is 11.5 Å². The molecule has 0 aliphatic carbocycles. The van der Waals surface area contributed by atoms with Crippen molar-refractivity contribution in [2.75, 3.05) is 6.54 Å². The Kier molecular flexibility index (Phi) is 3.09. The van der Waals surface area contributed by atoms with Gasteiger partial charge < -0.3 is 10.1 Å². The van der Waals surface area contributed by atoms with Gasteiger partial charge in [-0.05, 0) is 17.7 Å². The van der Waals surface area contributed by atoms with Crippen LogP contribution in [0.5, 0.6) is 0 Å². The largest absolute Gasteiger partial charge is 0.465 e. The number of hydrogen-bond donors (Lipinski definition) is 1. The molecule has 5 nitrogen and oxygen atoms in total. The maximum atomic E-state index is 10.3. The normalized spacial score (nSPS) is 21.6. The Morgan fingerprint density at radius 2 is 2.44 bits per heavy atom. The summed E-state index contributed by atoms with van der Waals surface area (Å²) in [4.78, 5) is 9.72. The SMILES string of the molecule is O=[N+]([O-])/C=C1\NCC(c2cccc(Br)c2)O1. The summed E-state index contributed by atoms with van der Waals surface area (Å²) in [6.07, 6.45) is 0.654. The van der Waals surface area contributed by atoms with Gasteiger partial charge in [0.1, 0.15) is 6.10 Å². The first-order chi connectivity index (χ1) is 7.65. The average molecular weight is 285 g/mol. The van der Waals surface area contributed by atoms with Crippen molar-refractivity contribution in [2.45, 2.75) is 6.10 Å². The Morgan fingerprint density at radius 1 is 1.62 bits per heavy atom. The molecule has 2 rings (SSSR count). The van der Waals surface area contributed by atoms with Crippen molar-refractivity contribution in [2.24, 2.45) is 0 Å². The molecule has 1 N–H and O–H groups in total. The number of nitrogens with zero attached hydrogens (tertiary/aromatic N) is 1. The molecular weight excluding hydrogens is 276 g/mol. The summed E-state index contributed by atoms with van der Waals surface area (Å²) < 4.78 is 6.36. The van der Waals surface area contributed by atoms with Crippen LogP contribution < -0.4 is 5.32 Å². The zero-order valence-corrected chi connectivity index (χ0v) is 9.81. The number of nitro groups is 1. The highest BCUT2D eigenvalue weighted by atomic mass is 79.9. The first kappa shape index (κ1) is 10.9. The zero-order chi connectivity index (χ0) is 11.5. The van der Waals surface area contributed by atoms with Gasteiger partial charge in [0, 0.05) is 4.47 Å². The molecule has 1 aliphatic rings. The van der Waals surface area contributed by atoms with Crippen LogP contribution in [0.25, 0.3) is 0 Å². The summed E-state index contributed by atoms with van der Waals surface area (Å²) in [6, 6.07) is 7.67. The molecule has 1 aromatic rings. The third-order valence-electron chi connectivity index (χ3n) is 2.17. The van der Waals surface area contributed by atoms with Crippen LogP contribution in [0.3, 0.4) is 0 Å². The van der Waals surface area contributed by atoms with Crippen LogP contribution in [-0.2, 0) is 4.74 Å². The van der Waals surface area contributed by atoms with Gasteiger partial charge in [-0.3, -0.25) is 10.1 Å². The van der Waals surface area contributed by atoms with Crippen LogP contribution in [0.1, 0.15) is 11.7 Å². The molecule has 1 aliphatic heterocycles. The van der Waals surface area contributed by atoms with Crippen LogP contribution in [0.4, 0.5) is 0 Å². The molecule has 1 atom stereocenters. The first-order valence-electron chi connectivity index (χ1n) is 4.66. The second-order valence-corrected chi connectivity index (χ2v) is 4.24. The van der Waals surface area contributed by atoms with E-state index < -0.39 is 4.92 Å². The van der Waals surface area contributed by atoms with Gasteiger partial charge in [-0.25, -0.2) is 0 Å². The smallest absolute Gasteiger partial charge is 0.293 e. The first-order valence-corrected chi connectivity index (χ1v) is 5.46. The Morgan fingerprint density at radius 3 is 3.12 bits per heavy atom. The molecule has 1 saturated heterocycles. The molecule has 0 spiro atoms. The fourth-order valence-corrected chi connectivity index (χ4v) is 1.91. The Bertz CT molecular complexity index is 447. The number of hydrogen-bond acceptors (Lipinski definition) is 4. The highest BCUT2D eigenvalue weighted by Crippen LogP contribution is 2.26. The van der Waals surface area contributed by atoms with Gasteiger partial charge in [0.15, 0.2) is 0 Å². The number of benzene rings is 1. The maximum absolute atomic E-state index is 10.3. The van der Waals surface area contributed by atoms with Crippen LogP contribution in [0.15, 0.2) is 40.8 Å². The third-order valence-corrected chi connectivity index (χ3v) is 2.67. The Hall–Kier alpha value is -1.56. The van der Waals surface area contributed by atoms with Crippen molar-refractivity contribution in [1.82, 2.24) is 5.32 Å². The van der Waals surface area contributed by atoms with E-state index in [4.69, 9.17) is 4.74 Å². The summed E-state index contributed by atoms with van der Waals surface area (Å²) in [5.74, 6) is 0.204. The Balaban J connectivity index is 2.12. The van der Waals surface area contributed by atoms with E-state index in [0.29, 0.717) is 6.54 Å². The molecule has 0 radical (unpaired) electrons. The summed E-state index contributed by atoms with van der Waals surface area (Å²) in [7, 11) is 0. The van der Waals surface area contributed by atoms with E-state index in [-0.39, 0.29) is 12.0 Å². The lowest BCUT2D eigenvalue weighted by molar-refractivity contribution is -0.405. The van der Waals surface area contributed by atoms with Crippen LogP contribution in [-0.4, -0.2) is 11.5 Å². The molecule has 1 heterocycles. The number of halogens is 1. The minimum absolute atomic E-state index is 0.177. The minimum atomic E-state index is -0.536. The van der Waals surface area contributed by atoms with Gasteiger partial charge in [0.2, 0.25) is 0 Å². The lowest BCUT2D eigenvalue weighted by Crippen LogP contribution is -2.08. The molecule has 1 aromatic carbocycles. The molecule has 0 aromatic heterocycles. The predicted molar refractivity (Wildman–Crippen MR) is 61.0 cm³/mol. The minimum Gasteiger partial charge on any atom is -0.465 e. The molecule has 84 valence electrons. The topological polar surface area (TPSA) is 64.4 Å². The van der Waals surface area contributed by atoms with E-state index in [1.54, 1.807) is 0 Å². The molecule has 16 heavy (non-hydrogen) atoms. The quantitative estimate of drug-likeness (QED) is 0.668. The van der Waals surface area contributed by atoms with E-state index in [2.05, 4.69) is 21.2 Å². The lowest BCUT2D eigenvalue weighted by atomic mass is 10.1. The van der Waals surface area contributed by atoms with Crippen molar-refractivity contribution < 1.29 is 9.66 Å². The fraction of sp³-hybridized carbons (Fsp3) is 0.200. The second kappa shape index (κ2) is 4.52. The van der Waals surface area contributed by atoms with Crippen molar-refractivity contribution in [1.29, 1.82) is 0 Å². The Labute approximate surface area is 100 Å². The molecular formula is C10H9BrN2O3. The van der Waals surface area contributed by atoms with Crippen LogP contribution >= 0.6 is 15.9 Å². The lowest BCUT2D eigenvalue weighted by Gasteiger charge is -2.08. The number of rotatable bonds is 2. The summed E-state index contributed by atoms with van der Waals surface area (Å²) in [6.45, 7) is 0.538. The van der Waals surface area contributed by atoms with E-state index in [0.717, 1.165) is 16.2 Å². The molecule has 1 unspecified atom stereocenters. The maximum Gasteiger partial charge on any atom is 0.293 e. The molecule has 6 heteroatoms. The molecule has 0 bridgehead atoms. The van der Waals surface area contributed by atoms with Crippen molar-refractivity contribution in [3.63, 3.8) is 0 Å². The monoisotopic (exact) mass is 284 g/mol. The number of nitrogens with one attached hydrogen (secondary N) is 1. The highest BCUT2D eigenvalue weighted by molar-refractivity contribution is 9.10. The average Bonchev–Trinajstić information content (AvgIpc) is 2.65. The van der Waals surface area contributed by atoms with E-state index >= 15 is 0 Å². The van der Waals surface area contributed by atoms with Gasteiger partial charge in [-0.1, -0.05) is 28.1 Å². The van der Waals surface area contributed by atoms with Crippen LogP contribution in [0, 0.1) is 10.1 Å². The molecule has 0 amide bonds. The van der Waals surface area contributed by atoms with Crippen molar-refractivity contribution in [3.05, 3.63) is 56.5 Å². The van der Waals surface area contributed by atoms with E-state index in [1.807, 2.05) is 24.3 Å².